The third-order valence-corrected chi connectivity index (χ3v) is 1.35. The third-order valence-electron chi connectivity index (χ3n) is 1.35. The lowest BCUT2D eigenvalue weighted by atomic mass is 10.6. The van der Waals surface area contributed by atoms with Crippen LogP contribution in [0, 0.1) is 0 Å². The van der Waals surface area contributed by atoms with Crippen molar-refractivity contribution in [2.45, 2.75) is 0 Å². The maximum absolute atomic E-state index is 4.13. The van der Waals surface area contributed by atoms with Crippen LogP contribution in [0.2, 0.25) is 0 Å². The van der Waals surface area contributed by atoms with Crippen molar-refractivity contribution in [1.82, 2.24) is 24.5 Å². The molecule has 0 unspecified atom stereocenters. The molecule has 5 heteroatoms. The zero-order valence-corrected chi connectivity index (χ0v) is 6.05. The van der Waals surface area contributed by atoms with E-state index >= 15 is 0 Å². The summed E-state index contributed by atoms with van der Waals surface area (Å²) in [6, 6.07) is 1.87. The van der Waals surface area contributed by atoms with Gasteiger partial charge in [0, 0.05) is 19.3 Å². The Balaban J connectivity index is 2.45. The molecule has 2 aromatic rings. The Labute approximate surface area is 63.3 Å². The molecule has 0 amide bonds. The quantitative estimate of drug-likeness (QED) is 0.573. The molecule has 0 aliphatic rings. The SMILES string of the molecule is Cn1ccc(-n2cncn2)n1. The molecular weight excluding hydrogens is 142 g/mol. The number of hydrogen-bond acceptors (Lipinski definition) is 3. The van der Waals surface area contributed by atoms with Gasteiger partial charge in [-0.1, -0.05) is 0 Å². The first-order valence-corrected chi connectivity index (χ1v) is 3.21. The van der Waals surface area contributed by atoms with Crippen LogP contribution in [0.1, 0.15) is 0 Å². The average Bonchev–Trinajstić information content (AvgIpc) is 2.55. The van der Waals surface area contributed by atoms with Crippen LogP contribution in [-0.2, 0) is 7.05 Å². The number of nitrogens with zero attached hydrogens (tertiary/aromatic N) is 5. The highest BCUT2D eigenvalue weighted by molar-refractivity contribution is 5.15. The molecule has 0 spiro atoms. The summed E-state index contributed by atoms with van der Waals surface area (Å²) in [5.74, 6) is 0.782. The van der Waals surface area contributed by atoms with Gasteiger partial charge in [0.05, 0.1) is 0 Å². The monoisotopic (exact) mass is 149 g/mol. The number of aromatic nitrogens is 5. The zero-order chi connectivity index (χ0) is 7.68. The van der Waals surface area contributed by atoms with E-state index in [1.54, 1.807) is 15.7 Å². The molecule has 0 aromatic carbocycles. The van der Waals surface area contributed by atoms with Crippen molar-refractivity contribution in [2.75, 3.05) is 0 Å². The summed E-state index contributed by atoms with van der Waals surface area (Å²) in [5.41, 5.74) is 0. The van der Waals surface area contributed by atoms with Crippen molar-refractivity contribution >= 4 is 0 Å². The van der Waals surface area contributed by atoms with E-state index in [-0.39, 0.29) is 0 Å². The summed E-state index contributed by atoms with van der Waals surface area (Å²) in [6.07, 6.45) is 4.95. The first-order chi connectivity index (χ1) is 5.36. The Morgan fingerprint density at radius 3 is 2.91 bits per heavy atom. The molecule has 0 N–H and O–H groups in total. The summed E-state index contributed by atoms with van der Waals surface area (Å²) >= 11 is 0. The van der Waals surface area contributed by atoms with Crippen molar-refractivity contribution in [3.05, 3.63) is 24.9 Å². The summed E-state index contributed by atoms with van der Waals surface area (Å²) in [7, 11) is 1.86. The van der Waals surface area contributed by atoms with Gasteiger partial charge in [0.1, 0.15) is 12.7 Å². The van der Waals surface area contributed by atoms with Gasteiger partial charge in [-0.15, -0.1) is 0 Å². The predicted octanol–water partition coefficient (Wildman–Crippen LogP) is 0.000800. The van der Waals surface area contributed by atoms with Crippen molar-refractivity contribution < 1.29 is 0 Å². The molecule has 2 heterocycles. The Kier molecular flexibility index (Phi) is 1.21. The van der Waals surface area contributed by atoms with Gasteiger partial charge in [-0.2, -0.15) is 10.2 Å². The first-order valence-electron chi connectivity index (χ1n) is 3.21. The summed E-state index contributed by atoms with van der Waals surface area (Å²) in [6.45, 7) is 0. The highest BCUT2D eigenvalue weighted by Crippen LogP contribution is 1.98. The fraction of sp³-hybridized carbons (Fsp3) is 0.167. The van der Waals surface area contributed by atoms with E-state index in [4.69, 9.17) is 0 Å². The van der Waals surface area contributed by atoms with Crippen LogP contribution in [0.5, 0.6) is 0 Å². The van der Waals surface area contributed by atoms with Crippen molar-refractivity contribution in [2.24, 2.45) is 7.05 Å². The molecule has 2 rings (SSSR count). The molecule has 0 aliphatic heterocycles. The highest BCUT2D eigenvalue weighted by Gasteiger charge is 1.97. The van der Waals surface area contributed by atoms with Crippen LogP contribution in [-0.4, -0.2) is 24.5 Å². The van der Waals surface area contributed by atoms with E-state index < -0.39 is 0 Å². The van der Waals surface area contributed by atoms with E-state index in [1.165, 1.54) is 6.33 Å². The van der Waals surface area contributed by atoms with Gasteiger partial charge in [-0.25, -0.2) is 9.67 Å². The number of aryl methyl sites for hydroxylation is 1. The molecule has 0 atom stereocenters. The summed E-state index contributed by atoms with van der Waals surface area (Å²) in [4.78, 5) is 3.81. The second kappa shape index (κ2) is 2.19. The molecule has 0 bridgehead atoms. The van der Waals surface area contributed by atoms with Crippen LogP contribution in [0.25, 0.3) is 5.82 Å². The first kappa shape index (κ1) is 6.09. The minimum absolute atomic E-state index is 0.782. The lowest BCUT2D eigenvalue weighted by Crippen LogP contribution is -1.96. The van der Waals surface area contributed by atoms with Gasteiger partial charge in [-0.05, 0) is 0 Å². The molecule has 0 fully saturated rings. The maximum atomic E-state index is 4.13. The van der Waals surface area contributed by atoms with E-state index in [0.29, 0.717) is 0 Å². The largest absolute Gasteiger partial charge is 0.274 e. The van der Waals surface area contributed by atoms with Crippen LogP contribution in [0.4, 0.5) is 0 Å². The fourth-order valence-electron chi connectivity index (χ4n) is 0.852. The molecule has 11 heavy (non-hydrogen) atoms. The van der Waals surface area contributed by atoms with Crippen LogP contribution >= 0.6 is 0 Å². The molecule has 0 aliphatic carbocycles. The molecule has 0 radical (unpaired) electrons. The number of rotatable bonds is 1. The molecule has 2 aromatic heterocycles. The second-order valence-electron chi connectivity index (χ2n) is 2.19. The van der Waals surface area contributed by atoms with Crippen molar-refractivity contribution in [1.29, 1.82) is 0 Å². The smallest absolute Gasteiger partial charge is 0.176 e. The second-order valence-corrected chi connectivity index (χ2v) is 2.19. The Morgan fingerprint density at radius 1 is 1.45 bits per heavy atom. The van der Waals surface area contributed by atoms with Gasteiger partial charge in [0.2, 0.25) is 0 Å². The molecule has 5 nitrogen and oxygen atoms in total. The summed E-state index contributed by atoms with van der Waals surface area (Å²) in [5, 5.41) is 8.06. The molecule has 56 valence electrons. The van der Waals surface area contributed by atoms with E-state index in [9.17, 15) is 0 Å². The minimum atomic E-state index is 0.782. The van der Waals surface area contributed by atoms with Crippen molar-refractivity contribution in [3.63, 3.8) is 0 Å². The minimum Gasteiger partial charge on any atom is -0.274 e. The summed E-state index contributed by atoms with van der Waals surface area (Å²) < 4.78 is 3.33. The fourth-order valence-corrected chi connectivity index (χ4v) is 0.852. The van der Waals surface area contributed by atoms with E-state index in [0.717, 1.165) is 5.82 Å². The van der Waals surface area contributed by atoms with Crippen molar-refractivity contribution in [3.8, 4) is 5.82 Å². The Morgan fingerprint density at radius 2 is 2.36 bits per heavy atom. The molecule has 0 saturated heterocycles. The van der Waals surface area contributed by atoms with Crippen LogP contribution < -0.4 is 0 Å². The highest BCUT2D eigenvalue weighted by atomic mass is 15.4. The normalized spacial score (nSPS) is 10.3. The third kappa shape index (κ3) is 1.000. The molecular formula is C6H7N5. The standard InChI is InChI=1S/C6H7N5/c1-10-3-2-6(9-10)11-5-7-4-8-11/h2-5H,1H3. The Bertz CT molecular complexity index is 333. The van der Waals surface area contributed by atoms with Crippen LogP contribution in [0.3, 0.4) is 0 Å². The topological polar surface area (TPSA) is 48.5 Å². The predicted molar refractivity (Wildman–Crippen MR) is 38.1 cm³/mol. The van der Waals surface area contributed by atoms with E-state index in [1.807, 2.05) is 19.3 Å². The van der Waals surface area contributed by atoms with E-state index in [2.05, 4.69) is 15.2 Å². The lowest BCUT2D eigenvalue weighted by molar-refractivity contribution is 0.731. The van der Waals surface area contributed by atoms with Gasteiger partial charge >= 0.3 is 0 Å². The van der Waals surface area contributed by atoms with Crippen LogP contribution in [0.15, 0.2) is 24.9 Å². The number of hydrogen-bond donors (Lipinski definition) is 0. The maximum Gasteiger partial charge on any atom is 0.176 e. The lowest BCUT2D eigenvalue weighted by Gasteiger charge is -1.90. The zero-order valence-electron chi connectivity index (χ0n) is 6.05. The van der Waals surface area contributed by atoms with Gasteiger partial charge in [0.15, 0.2) is 5.82 Å². The van der Waals surface area contributed by atoms with Gasteiger partial charge in [-0.3, -0.25) is 4.68 Å². The average molecular weight is 149 g/mol. The van der Waals surface area contributed by atoms with Gasteiger partial charge < -0.3 is 0 Å². The van der Waals surface area contributed by atoms with Gasteiger partial charge in [0.25, 0.3) is 0 Å². The Hall–Kier alpha value is -1.65. The molecule has 0 saturated carbocycles.